The van der Waals surface area contributed by atoms with E-state index in [1.165, 1.54) is 11.3 Å². The van der Waals surface area contributed by atoms with Gasteiger partial charge in [-0.3, -0.25) is 9.59 Å². The zero-order valence-electron chi connectivity index (χ0n) is 14.8. The van der Waals surface area contributed by atoms with Gasteiger partial charge in [0.25, 0.3) is 11.8 Å². The van der Waals surface area contributed by atoms with E-state index in [9.17, 15) is 9.59 Å². The van der Waals surface area contributed by atoms with Crippen molar-refractivity contribution in [2.24, 2.45) is 0 Å². The summed E-state index contributed by atoms with van der Waals surface area (Å²) >= 11 is 1.49. The Labute approximate surface area is 165 Å². The van der Waals surface area contributed by atoms with Crippen molar-refractivity contribution in [3.63, 3.8) is 0 Å². The Hall–Kier alpha value is -3.64. The molecule has 0 aliphatic rings. The van der Waals surface area contributed by atoms with Crippen LogP contribution in [0.15, 0.2) is 84.0 Å². The van der Waals surface area contributed by atoms with Crippen LogP contribution in [0.3, 0.4) is 0 Å². The summed E-state index contributed by atoms with van der Waals surface area (Å²) in [5.74, 6) is -0.720. The minimum absolute atomic E-state index is 0.183. The van der Waals surface area contributed by atoms with Crippen LogP contribution in [-0.2, 0) is 4.79 Å². The van der Waals surface area contributed by atoms with Gasteiger partial charge in [0.2, 0.25) is 0 Å². The van der Waals surface area contributed by atoms with E-state index >= 15 is 0 Å². The third-order valence-electron chi connectivity index (χ3n) is 4.17. The molecule has 0 atom stereocenters. The van der Waals surface area contributed by atoms with Gasteiger partial charge in [-0.05, 0) is 53.2 Å². The summed E-state index contributed by atoms with van der Waals surface area (Å²) in [5, 5.41) is 8.56. The fourth-order valence-electron chi connectivity index (χ4n) is 2.78. The van der Waals surface area contributed by atoms with Gasteiger partial charge in [-0.25, -0.2) is 0 Å². The summed E-state index contributed by atoms with van der Waals surface area (Å²) in [6, 6.07) is 20.2. The molecule has 138 valence electrons. The Morgan fingerprint density at radius 1 is 0.964 bits per heavy atom. The first-order valence-electron chi connectivity index (χ1n) is 8.69. The van der Waals surface area contributed by atoms with Crippen molar-refractivity contribution in [3.05, 3.63) is 94.4 Å². The first kappa shape index (κ1) is 17.8. The van der Waals surface area contributed by atoms with Crippen molar-refractivity contribution in [3.8, 4) is 0 Å². The molecule has 0 saturated heterocycles. The lowest BCUT2D eigenvalue weighted by Crippen LogP contribution is -2.30. The van der Waals surface area contributed by atoms with Crippen molar-refractivity contribution in [1.29, 1.82) is 0 Å². The minimum atomic E-state index is -0.386. The van der Waals surface area contributed by atoms with Crippen LogP contribution >= 0.6 is 11.3 Å². The van der Waals surface area contributed by atoms with Gasteiger partial charge >= 0.3 is 0 Å². The molecule has 3 N–H and O–H groups in total. The largest absolute Gasteiger partial charge is 0.361 e. The lowest BCUT2D eigenvalue weighted by Gasteiger charge is -2.11. The van der Waals surface area contributed by atoms with E-state index in [1.54, 1.807) is 30.3 Å². The fraction of sp³-hybridized carbons (Fsp3) is 0. The Morgan fingerprint density at radius 2 is 1.82 bits per heavy atom. The zero-order chi connectivity index (χ0) is 19.3. The number of H-pyrrole nitrogens is 1. The van der Waals surface area contributed by atoms with Gasteiger partial charge in [0.15, 0.2) is 0 Å². The molecule has 0 radical (unpaired) electrons. The smallest absolute Gasteiger partial charge is 0.272 e. The number of rotatable bonds is 5. The molecule has 0 spiro atoms. The number of aromatic amines is 1. The molecule has 0 bridgehead atoms. The molecule has 2 amide bonds. The summed E-state index contributed by atoms with van der Waals surface area (Å²) in [6.07, 6.45) is 3.52. The van der Waals surface area contributed by atoms with Crippen molar-refractivity contribution in [2.45, 2.75) is 0 Å². The first-order valence-corrected chi connectivity index (χ1v) is 9.57. The van der Waals surface area contributed by atoms with Crippen molar-refractivity contribution in [2.75, 3.05) is 5.32 Å². The fourth-order valence-corrected chi connectivity index (χ4v) is 3.44. The number of hydrogen-bond donors (Lipinski definition) is 3. The predicted octanol–water partition coefficient (Wildman–Crippen LogP) is 4.64. The lowest BCUT2D eigenvalue weighted by molar-refractivity contribution is -0.113. The van der Waals surface area contributed by atoms with E-state index in [2.05, 4.69) is 15.6 Å². The van der Waals surface area contributed by atoms with Crippen molar-refractivity contribution < 1.29 is 9.59 Å². The maximum atomic E-state index is 12.9. The van der Waals surface area contributed by atoms with E-state index in [4.69, 9.17) is 0 Å². The van der Waals surface area contributed by atoms with Crippen LogP contribution in [0.25, 0.3) is 17.0 Å². The molecule has 0 aliphatic heterocycles. The molecule has 2 aromatic heterocycles. The maximum absolute atomic E-state index is 12.9. The number of amides is 2. The summed E-state index contributed by atoms with van der Waals surface area (Å²) < 4.78 is 0. The number of carbonyl (C=O) groups excluding carboxylic acids is 2. The van der Waals surface area contributed by atoms with Crippen molar-refractivity contribution >= 4 is 45.8 Å². The molecule has 6 heteroatoms. The maximum Gasteiger partial charge on any atom is 0.272 e. The first-order chi connectivity index (χ1) is 13.7. The van der Waals surface area contributed by atoms with Gasteiger partial charge in [-0.2, -0.15) is 0 Å². The average Bonchev–Trinajstić information content (AvgIpc) is 3.39. The van der Waals surface area contributed by atoms with E-state index < -0.39 is 0 Å². The van der Waals surface area contributed by atoms with Gasteiger partial charge < -0.3 is 15.6 Å². The summed E-state index contributed by atoms with van der Waals surface area (Å²) in [7, 11) is 0. The number of benzene rings is 2. The van der Waals surface area contributed by atoms with Crippen LogP contribution in [-0.4, -0.2) is 16.8 Å². The minimum Gasteiger partial charge on any atom is -0.361 e. The second-order valence-electron chi connectivity index (χ2n) is 6.13. The lowest BCUT2D eigenvalue weighted by atomic mass is 10.2. The summed E-state index contributed by atoms with van der Waals surface area (Å²) in [6.45, 7) is 0. The molecular formula is C22H17N3O2S. The molecule has 28 heavy (non-hydrogen) atoms. The molecule has 0 unspecified atom stereocenters. The number of hydrogen-bond acceptors (Lipinski definition) is 3. The van der Waals surface area contributed by atoms with Crippen LogP contribution in [0.1, 0.15) is 15.2 Å². The van der Waals surface area contributed by atoms with Gasteiger partial charge in [0.05, 0.1) is 0 Å². The SMILES string of the molecule is O=C(Nc1ccc2cc[nH]c2c1)/C(=C/c1cccs1)NC(=O)c1ccccc1. The summed E-state index contributed by atoms with van der Waals surface area (Å²) in [4.78, 5) is 29.4. The van der Waals surface area contributed by atoms with E-state index in [0.29, 0.717) is 11.3 Å². The highest BCUT2D eigenvalue weighted by molar-refractivity contribution is 7.10. The number of thiophene rings is 1. The quantitative estimate of drug-likeness (QED) is 0.437. The number of aromatic nitrogens is 1. The van der Waals surface area contributed by atoms with E-state index in [0.717, 1.165) is 15.8 Å². The molecule has 4 aromatic rings. The third kappa shape index (κ3) is 4.02. The van der Waals surface area contributed by atoms with Gasteiger partial charge in [-0.15, -0.1) is 11.3 Å². The standard InChI is InChI=1S/C22H17N3O2S/c26-21(16-5-2-1-3-6-16)25-20(14-18-7-4-12-28-18)22(27)24-17-9-8-15-10-11-23-19(15)13-17/h1-14,23H,(H,24,27)(H,25,26)/b20-14-. The number of fused-ring (bicyclic) bond motifs is 1. The number of carbonyl (C=O) groups is 2. The van der Waals surface area contributed by atoms with Crippen molar-refractivity contribution in [1.82, 2.24) is 10.3 Å². The zero-order valence-corrected chi connectivity index (χ0v) is 15.6. The van der Waals surface area contributed by atoms with Crippen LogP contribution < -0.4 is 10.6 Å². The molecule has 4 rings (SSSR count). The Kier molecular flexibility index (Phi) is 5.03. The highest BCUT2D eigenvalue weighted by Gasteiger charge is 2.15. The van der Waals surface area contributed by atoms with E-state index in [1.807, 2.05) is 54.0 Å². The van der Waals surface area contributed by atoms with E-state index in [-0.39, 0.29) is 17.5 Å². The second-order valence-corrected chi connectivity index (χ2v) is 7.11. The monoisotopic (exact) mass is 387 g/mol. The topological polar surface area (TPSA) is 74.0 Å². The predicted molar refractivity (Wildman–Crippen MR) is 113 cm³/mol. The molecule has 5 nitrogen and oxygen atoms in total. The number of anilines is 1. The molecule has 2 heterocycles. The highest BCUT2D eigenvalue weighted by Crippen LogP contribution is 2.19. The third-order valence-corrected chi connectivity index (χ3v) is 4.99. The Bertz CT molecular complexity index is 1140. The molecule has 0 fully saturated rings. The van der Waals surface area contributed by atoms with Crippen LogP contribution in [0, 0.1) is 0 Å². The molecule has 0 aliphatic carbocycles. The molecular weight excluding hydrogens is 370 g/mol. The second kappa shape index (κ2) is 7.94. The summed E-state index contributed by atoms with van der Waals surface area (Å²) in [5.41, 5.74) is 2.24. The number of nitrogens with one attached hydrogen (secondary N) is 3. The molecule has 2 aromatic carbocycles. The normalized spacial score (nSPS) is 11.4. The van der Waals surface area contributed by atoms with Gasteiger partial charge in [-0.1, -0.05) is 30.3 Å². The Morgan fingerprint density at radius 3 is 2.61 bits per heavy atom. The average molecular weight is 387 g/mol. The van der Waals surface area contributed by atoms with Gasteiger partial charge in [0.1, 0.15) is 5.70 Å². The van der Waals surface area contributed by atoms with Crippen LogP contribution in [0.5, 0.6) is 0 Å². The van der Waals surface area contributed by atoms with Gasteiger partial charge in [0, 0.05) is 27.8 Å². The highest BCUT2D eigenvalue weighted by atomic mass is 32.1. The Balaban J connectivity index is 1.59. The van der Waals surface area contributed by atoms with Crippen LogP contribution in [0.4, 0.5) is 5.69 Å². The molecule has 0 saturated carbocycles. The van der Waals surface area contributed by atoms with Crippen LogP contribution in [0.2, 0.25) is 0 Å².